The normalized spacial score (nSPS) is 18.2. The molecule has 0 aromatic heterocycles. The molecule has 0 saturated carbocycles. The molecule has 0 bridgehead atoms. The fraction of sp³-hybridized carbons (Fsp3) is 0.857. The summed E-state index contributed by atoms with van der Waals surface area (Å²) in [6.07, 6.45) is 1.74. The predicted molar refractivity (Wildman–Crippen MR) is 73.3 cm³/mol. The standard InChI is InChI=1S/C14H25NO5/c1-14(2,3)20-13(17)15-11(12(16)18-4)9-10-5-7-19-8-6-10/h10-11H,5-9H2,1-4H3,(H,15,17)/t11-/m1/s1. The Morgan fingerprint density at radius 2 is 1.90 bits per heavy atom. The summed E-state index contributed by atoms with van der Waals surface area (Å²) in [6.45, 7) is 6.73. The van der Waals surface area contributed by atoms with Gasteiger partial charge in [0.1, 0.15) is 11.6 Å². The van der Waals surface area contributed by atoms with Crippen LogP contribution in [0.1, 0.15) is 40.0 Å². The highest BCUT2D eigenvalue weighted by Crippen LogP contribution is 2.21. The van der Waals surface area contributed by atoms with Gasteiger partial charge in [0.2, 0.25) is 0 Å². The highest BCUT2D eigenvalue weighted by atomic mass is 16.6. The average molecular weight is 287 g/mol. The van der Waals surface area contributed by atoms with E-state index in [2.05, 4.69) is 5.32 Å². The molecule has 0 aromatic carbocycles. The zero-order valence-electron chi connectivity index (χ0n) is 12.7. The molecule has 1 aliphatic rings. The number of alkyl carbamates (subject to hydrolysis) is 1. The molecule has 0 unspecified atom stereocenters. The molecule has 0 spiro atoms. The molecule has 0 aliphatic carbocycles. The maximum absolute atomic E-state index is 11.8. The molecule has 1 N–H and O–H groups in total. The molecule has 1 heterocycles. The van der Waals surface area contributed by atoms with Crippen LogP contribution in [-0.4, -0.2) is 44.0 Å². The second-order valence-electron chi connectivity index (χ2n) is 6.01. The van der Waals surface area contributed by atoms with Crippen LogP contribution in [0.3, 0.4) is 0 Å². The summed E-state index contributed by atoms with van der Waals surface area (Å²) < 4.78 is 15.2. The van der Waals surface area contributed by atoms with Crippen LogP contribution in [0.2, 0.25) is 0 Å². The van der Waals surface area contributed by atoms with Gasteiger partial charge in [-0.2, -0.15) is 0 Å². The van der Waals surface area contributed by atoms with Gasteiger partial charge < -0.3 is 19.5 Å². The third-order valence-electron chi connectivity index (χ3n) is 3.09. The van der Waals surface area contributed by atoms with E-state index in [1.54, 1.807) is 20.8 Å². The molecule has 1 aliphatic heterocycles. The smallest absolute Gasteiger partial charge is 0.408 e. The first-order valence-corrected chi connectivity index (χ1v) is 6.97. The number of hydrogen-bond acceptors (Lipinski definition) is 5. The van der Waals surface area contributed by atoms with Gasteiger partial charge in [-0.1, -0.05) is 0 Å². The third-order valence-corrected chi connectivity index (χ3v) is 3.09. The second-order valence-corrected chi connectivity index (χ2v) is 6.01. The molecule has 6 heteroatoms. The van der Waals surface area contributed by atoms with Crippen LogP contribution in [0.4, 0.5) is 4.79 Å². The summed E-state index contributed by atoms with van der Waals surface area (Å²) in [4.78, 5) is 23.5. The zero-order valence-corrected chi connectivity index (χ0v) is 12.7. The van der Waals surface area contributed by atoms with Gasteiger partial charge in [-0.25, -0.2) is 9.59 Å². The van der Waals surface area contributed by atoms with Crippen LogP contribution in [0.15, 0.2) is 0 Å². The van der Waals surface area contributed by atoms with E-state index < -0.39 is 23.7 Å². The summed E-state index contributed by atoms with van der Waals surface area (Å²) in [5, 5.41) is 2.60. The van der Waals surface area contributed by atoms with Crippen molar-refractivity contribution < 1.29 is 23.8 Å². The molecule has 1 atom stereocenters. The molecule has 116 valence electrons. The van der Waals surface area contributed by atoms with Crippen LogP contribution >= 0.6 is 0 Å². The van der Waals surface area contributed by atoms with Crippen molar-refractivity contribution in [1.82, 2.24) is 5.32 Å². The number of esters is 1. The van der Waals surface area contributed by atoms with E-state index in [1.807, 2.05) is 0 Å². The highest BCUT2D eigenvalue weighted by Gasteiger charge is 2.28. The van der Waals surface area contributed by atoms with Crippen molar-refractivity contribution >= 4 is 12.1 Å². The van der Waals surface area contributed by atoms with Crippen molar-refractivity contribution in [3.8, 4) is 0 Å². The molecule has 1 saturated heterocycles. The Hall–Kier alpha value is -1.30. The van der Waals surface area contributed by atoms with E-state index in [4.69, 9.17) is 14.2 Å². The van der Waals surface area contributed by atoms with Gasteiger partial charge in [0.15, 0.2) is 0 Å². The van der Waals surface area contributed by atoms with Crippen molar-refractivity contribution in [3.63, 3.8) is 0 Å². The van der Waals surface area contributed by atoms with Crippen LogP contribution in [0.5, 0.6) is 0 Å². The first kappa shape index (κ1) is 16.8. The number of ether oxygens (including phenoxy) is 3. The zero-order chi connectivity index (χ0) is 15.2. The van der Waals surface area contributed by atoms with Crippen LogP contribution in [0.25, 0.3) is 0 Å². The van der Waals surface area contributed by atoms with Gasteiger partial charge in [-0.3, -0.25) is 0 Å². The molecule has 1 fully saturated rings. The maximum Gasteiger partial charge on any atom is 0.408 e. The summed E-state index contributed by atoms with van der Waals surface area (Å²) in [7, 11) is 1.32. The molecule has 0 aromatic rings. The van der Waals surface area contributed by atoms with Crippen LogP contribution in [0, 0.1) is 5.92 Å². The van der Waals surface area contributed by atoms with Gasteiger partial charge in [0, 0.05) is 13.2 Å². The monoisotopic (exact) mass is 287 g/mol. The van der Waals surface area contributed by atoms with Crippen LogP contribution in [-0.2, 0) is 19.0 Å². The molecular weight excluding hydrogens is 262 g/mol. The van der Waals surface area contributed by atoms with E-state index in [9.17, 15) is 9.59 Å². The van der Waals surface area contributed by atoms with Gasteiger partial charge >= 0.3 is 12.1 Å². The number of carbonyl (C=O) groups is 2. The number of carbonyl (C=O) groups excluding carboxylic acids is 2. The number of hydrogen-bond donors (Lipinski definition) is 1. The molecule has 20 heavy (non-hydrogen) atoms. The Morgan fingerprint density at radius 3 is 2.40 bits per heavy atom. The molecule has 1 amide bonds. The fourth-order valence-electron chi connectivity index (χ4n) is 2.12. The quantitative estimate of drug-likeness (QED) is 0.799. The van der Waals surface area contributed by atoms with E-state index in [-0.39, 0.29) is 0 Å². The maximum atomic E-state index is 11.8. The number of rotatable bonds is 4. The molecule has 0 radical (unpaired) electrons. The Kier molecular flexibility index (Phi) is 6.26. The van der Waals surface area contributed by atoms with Gasteiger partial charge in [-0.15, -0.1) is 0 Å². The highest BCUT2D eigenvalue weighted by molar-refractivity contribution is 5.81. The predicted octanol–water partition coefficient (Wildman–Crippen LogP) is 1.87. The van der Waals surface area contributed by atoms with Gasteiger partial charge in [-0.05, 0) is 46.0 Å². The average Bonchev–Trinajstić information content (AvgIpc) is 2.36. The SMILES string of the molecule is COC(=O)[C@@H](CC1CCOCC1)NC(=O)OC(C)(C)C. The van der Waals surface area contributed by atoms with E-state index in [0.29, 0.717) is 25.6 Å². The van der Waals surface area contributed by atoms with Crippen molar-refractivity contribution in [3.05, 3.63) is 0 Å². The number of amides is 1. The Balaban J connectivity index is 2.55. The lowest BCUT2D eigenvalue weighted by Gasteiger charge is -2.27. The minimum Gasteiger partial charge on any atom is -0.467 e. The number of methoxy groups -OCH3 is 1. The minimum absolute atomic E-state index is 0.350. The summed E-state index contributed by atoms with van der Waals surface area (Å²) >= 11 is 0. The number of nitrogens with one attached hydrogen (secondary N) is 1. The largest absolute Gasteiger partial charge is 0.467 e. The lowest BCUT2D eigenvalue weighted by Crippen LogP contribution is -2.45. The Bertz CT molecular complexity index is 331. The fourth-order valence-corrected chi connectivity index (χ4v) is 2.12. The van der Waals surface area contributed by atoms with Crippen molar-refractivity contribution in [1.29, 1.82) is 0 Å². The Morgan fingerprint density at radius 1 is 1.30 bits per heavy atom. The van der Waals surface area contributed by atoms with E-state index in [0.717, 1.165) is 12.8 Å². The summed E-state index contributed by atoms with van der Waals surface area (Å²) in [5.41, 5.74) is -0.594. The van der Waals surface area contributed by atoms with Crippen molar-refractivity contribution in [2.75, 3.05) is 20.3 Å². The van der Waals surface area contributed by atoms with Crippen molar-refractivity contribution in [2.45, 2.75) is 51.7 Å². The summed E-state index contributed by atoms with van der Waals surface area (Å²) in [6, 6.07) is -0.669. The lowest BCUT2D eigenvalue weighted by atomic mass is 9.92. The molecular formula is C14H25NO5. The third kappa shape index (κ3) is 6.23. The first-order chi connectivity index (χ1) is 9.31. The minimum atomic E-state index is -0.669. The first-order valence-electron chi connectivity index (χ1n) is 6.97. The van der Waals surface area contributed by atoms with Crippen molar-refractivity contribution in [2.24, 2.45) is 5.92 Å². The topological polar surface area (TPSA) is 73.9 Å². The molecule has 1 rings (SSSR count). The van der Waals surface area contributed by atoms with E-state index in [1.165, 1.54) is 7.11 Å². The van der Waals surface area contributed by atoms with Gasteiger partial charge in [0.05, 0.1) is 7.11 Å². The summed E-state index contributed by atoms with van der Waals surface area (Å²) in [5.74, 6) is -0.0925. The van der Waals surface area contributed by atoms with Crippen LogP contribution < -0.4 is 5.32 Å². The lowest BCUT2D eigenvalue weighted by molar-refractivity contribution is -0.143. The van der Waals surface area contributed by atoms with E-state index >= 15 is 0 Å². The molecule has 6 nitrogen and oxygen atoms in total. The second kappa shape index (κ2) is 7.47. The van der Waals surface area contributed by atoms with Gasteiger partial charge in [0.25, 0.3) is 0 Å². The Labute approximate surface area is 120 Å².